The molecule has 21 heavy (non-hydrogen) atoms. The van der Waals surface area contributed by atoms with Gasteiger partial charge in [-0.2, -0.15) is 0 Å². The molecule has 2 heterocycles. The van der Waals surface area contributed by atoms with Crippen molar-refractivity contribution >= 4 is 16.8 Å². The van der Waals surface area contributed by atoms with Crippen molar-refractivity contribution in [3.63, 3.8) is 0 Å². The summed E-state index contributed by atoms with van der Waals surface area (Å²) in [6.45, 7) is 3.87. The number of ether oxygens (including phenoxy) is 1. The molecule has 0 bridgehead atoms. The fraction of sp³-hybridized carbons (Fsp3) is 0.438. The number of amides is 1. The van der Waals surface area contributed by atoms with E-state index in [2.05, 4.69) is 34.1 Å². The summed E-state index contributed by atoms with van der Waals surface area (Å²) in [7, 11) is 1.94. The van der Waals surface area contributed by atoms with Crippen LogP contribution in [0, 0.1) is 0 Å². The second kappa shape index (κ2) is 6.28. The van der Waals surface area contributed by atoms with E-state index in [1.54, 1.807) is 0 Å². The zero-order valence-corrected chi connectivity index (χ0v) is 12.3. The molecule has 1 aliphatic rings. The van der Waals surface area contributed by atoms with Gasteiger partial charge in [0.1, 0.15) is 6.54 Å². The van der Waals surface area contributed by atoms with Crippen LogP contribution in [-0.4, -0.2) is 48.7 Å². The lowest BCUT2D eigenvalue weighted by molar-refractivity contribution is -0.135. The van der Waals surface area contributed by atoms with Crippen LogP contribution in [0.2, 0.25) is 0 Å². The lowest BCUT2D eigenvalue weighted by Gasteiger charge is -2.27. The molecule has 1 fully saturated rings. The standard InChI is InChI=1S/C16H21N3O2/c1-17-11-14-4-2-3-13-5-6-19(16(13)14)12-15(20)18-7-9-21-10-8-18/h2-6,17H,7-12H2,1H3. The van der Waals surface area contributed by atoms with Crippen LogP contribution in [-0.2, 0) is 22.6 Å². The third-order valence-electron chi connectivity index (χ3n) is 3.91. The molecule has 0 unspecified atom stereocenters. The van der Waals surface area contributed by atoms with Gasteiger partial charge in [0.25, 0.3) is 0 Å². The van der Waals surface area contributed by atoms with E-state index in [1.807, 2.05) is 18.1 Å². The van der Waals surface area contributed by atoms with Crippen LogP contribution in [0.1, 0.15) is 5.56 Å². The predicted octanol–water partition coefficient (Wildman–Crippen LogP) is 1.22. The van der Waals surface area contributed by atoms with Gasteiger partial charge in [0.15, 0.2) is 0 Å². The summed E-state index contributed by atoms with van der Waals surface area (Å²) in [6, 6.07) is 8.32. The van der Waals surface area contributed by atoms with E-state index in [1.165, 1.54) is 10.9 Å². The zero-order valence-electron chi connectivity index (χ0n) is 12.3. The van der Waals surface area contributed by atoms with Crippen LogP contribution in [0.5, 0.6) is 0 Å². The van der Waals surface area contributed by atoms with Gasteiger partial charge in [0.2, 0.25) is 5.91 Å². The molecule has 0 radical (unpaired) electrons. The lowest BCUT2D eigenvalue weighted by atomic mass is 10.1. The third kappa shape index (κ3) is 2.94. The maximum absolute atomic E-state index is 12.4. The first-order valence-electron chi connectivity index (χ1n) is 7.36. The SMILES string of the molecule is CNCc1cccc2ccn(CC(=O)N3CCOCC3)c12. The Balaban J connectivity index is 1.84. The van der Waals surface area contributed by atoms with Crippen molar-refractivity contribution in [1.82, 2.24) is 14.8 Å². The molecule has 0 aliphatic carbocycles. The Morgan fingerprint density at radius 1 is 1.29 bits per heavy atom. The summed E-state index contributed by atoms with van der Waals surface area (Å²) in [5.41, 5.74) is 2.36. The molecule has 5 nitrogen and oxygen atoms in total. The van der Waals surface area contributed by atoms with Gasteiger partial charge in [-0.3, -0.25) is 4.79 Å². The minimum atomic E-state index is 0.162. The second-order valence-corrected chi connectivity index (χ2v) is 5.32. The summed E-state index contributed by atoms with van der Waals surface area (Å²) in [6.07, 6.45) is 2.00. The third-order valence-corrected chi connectivity index (χ3v) is 3.91. The van der Waals surface area contributed by atoms with Crippen LogP contribution in [0.4, 0.5) is 0 Å². The Labute approximate surface area is 124 Å². The summed E-state index contributed by atoms with van der Waals surface area (Å²) in [4.78, 5) is 14.3. The first-order chi connectivity index (χ1) is 10.3. The molecule has 3 rings (SSSR count). The van der Waals surface area contributed by atoms with Crippen molar-refractivity contribution in [3.05, 3.63) is 36.0 Å². The van der Waals surface area contributed by atoms with Gasteiger partial charge in [0.05, 0.1) is 18.7 Å². The van der Waals surface area contributed by atoms with Crippen LogP contribution < -0.4 is 5.32 Å². The van der Waals surface area contributed by atoms with Crippen LogP contribution in [0.3, 0.4) is 0 Å². The topological polar surface area (TPSA) is 46.5 Å². The van der Waals surface area contributed by atoms with E-state index in [0.29, 0.717) is 32.8 Å². The highest BCUT2D eigenvalue weighted by Crippen LogP contribution is 2.20. The van der Waals surface area contributed by atoms with E-state index in [0.717, 1.165) is 12.1 Å². The largest absolute Gasteiger partial charge is 0.378 e. The Morgan fingerprint density at radius 2 is 2.10 bits per heavy atom. The number of carbonyl (C=O) groups excluding carboxylic acids is 1. The number of para-hydroxylation sites is 1. The van der Waals surface area contributed by atoms with Gasteiger partial charge >= 0.3 is 0 Å². The van der Waals surface area contributed by atoms with Crippen molar-refractivity contribution in [2.24, 2.45) is 0 Å². The number of aromatic nitrogens is 1. The molecule has 0 spiro atoms. The number of morpholine rings is 1. The molecular weight excluding hydrogens is 266 g/mol. The van der Waals surface area contributed by atoms with E-state index < -0.39 is 0 Å². The number of rotatable bonds is 4. The van der Waals surface area contributed by atoms with Gasteiger partial charge < -0.3 is 19.5 Å². The first-order valence-corrected chi connectivity index (χ1v) is 7.36. The normalized spacial score (nSPS) is 15.6. The van der Waals surface area contributed by atoms with Crippen molar-refractivity contribution < 1.29 is 9.53 Å². The molecule has 1 amide bonds. The summed E-state index contributed by atoms with van der Waals surface area (Å²) in [5.74, 6) is 0.162. The maximum atomic E-state index is 12.4. The highest BCUT2D eigenvalue weighted by Gasteiger charge is 2.18. The molecule has 5 heteroatoms. The molecule has 2 aromatic rings. The van der Waals surface area contributed by atoms with Gasteiger partial charge in [-0.05, 0) is 24.1 Å². The first kappa shape index (κ1) is 14.1. The highest BCUT2D eigenvalue weighted by atomic mass is 16.5. The van der Waals surface area contributed by atoms with E-state index in [-0.39, 0.29) is 5.91 Å². The van der Waals surface area contributed by atoms with Crippen molar-refractivity contribution in [1.29, 1.82) is 0 Å². The molecule has 112 valence electrons. The van der Waals surface area contributed by atoms with Crippen LogP contribution in [0.15, 0.2) is 30.5 Å². The number of hydrogen-bond acceptors (Lipinski definition) is 3. The number of nitrogens with one attached hydrogen (secondary N) is 1. The van der Waals surface area contributed by atoms with Gasteiger partial charge in [-0.15, -0.1) is 0 Å². The number of benzene rings is 1. The molecule has 1 aliphatic heterocycles. The molecule has 1 aromatic heterocycles. The van der Waals surface area contributed by atoms with E-state index >= 15 is 0 Å². The highest BCUT2D eigenvalue weighted by molar-refractivity contribution is 5.85. The number of fused-ring (bicyclic) bond motifs is 1. The number of nitrogens with zero attached hydrogens (tertiary/aromatic N) is 2. The van der Waals surface area contributed by atoms with E-state index in [9.17, 15) is 4.79 Å². The zero-order chi connectivity index (χ0) is 14.7. The minimum absolute atomic E-state index is 0.162. The Bertz CT molecular complexity index is 629. The maximum Gasteiger partial charge on any atom is 0.242 e. The molecule has 0 saturated carbocycles. The molecule has 1 aromatic carbocycles. The molecule has 1 saturated heterocycles. The fourth-order valence-corrected chi connectivity index (χ4v) is 2.86. The van der Waals surface area contributed by atoms with Gasteiger partial charge in [-0.1, -0.05) is 18.2 Å². The Hall–Kier alpha value is -1.85. The summed E-state index contributed by atoms with van der Waals surface area (Å²) in [5, 5.41) is 4.36. The average Bonchev–Trinajstić information content (AvgIpc) is 2.93. The summed E-state index contributed by atoms with van der Waals surface area (Å²) >= 11 is 0. The van der Waals surface area contributed by atoms with Gasteiger partial charge in [-0.25, -0.2) is 0 Å². The quantitative estimate of drug-likeness (QED) is 0.920. The predicted molar refractivity (Wildman–Crippen MR) is 82.1 cm³/mol. The Morgan fingerprint density at radius 3 is 2.86 bits per heavy atom. The van der Waals surface area contributed by atoms with Gasteiger partial charge in [0, 0.05) is 25.8 Å². The lowest BCUT2D eigenvalue weighted by Crippen LogP contribution is -2.42. The minimum Gasteiger partial charge on any atom is -0.378 e. The molecular formula is C16H21N3O2. The average molecular weight is 287 g/mol. The molecule has 1 N–H and O–H groups in total. The monoisotopic (exact) mass is 287 g/mol. The number of carbonyl (C=O) groups is 1. The van der Waals surface area contributed by atoms with Crippen molar-refractivity contribution in [2.75, 3.05) is 33.4 Å². The summed E-state index contributed by atoms with van der Waals surface area (Å²) < 4.78 is 7.35. The van der Waals surface area contributed by atoms with E-state index in [4.69, 9.17) is 4.74 Å². The second-order valence-electron chi connectivity index (χ2n) is 5.32. The van der Waals surface area contributed by atoms with Crippen molar-refractivity contribution in [3.8, 4) is 0 Å². The number of hydrogen-bond donors (Lipinski definition) is 1. The van der Waals surface area contributed by atoms with Crippen LogP contribution >= 0.6 is 0 Å². The van der Waals surface area contributed by atoms with Crippen LogP contribution in [0.25, 0.3) is 10.9 Å². The fourth-order valence-electron chi connectivity index (χ4n) is 2.86. The molecule has 0 atom stereocenters. The van der Waals surface area contributed by atoms with Crippen molar-refractivity contribution in [2.45, 2.75) is 13.1 Å². The smallest absolute Gasteiger partial charge is 0.242 e. The Kier molecular flexibility index (Phi) is 4.22.